The van der Waals surface area contributed by atoms with Crippen LogP contribution in [0.3, 0.4) is 0 Å². The zero-order valence-electron chi connectivity index (χ0n) is 10.9. The topological polar surface area (TPSA) is 55.1 Å². The summed E-state index contributed by atoms with van der Waals surface area (Å²) in [6, 6.07) is 13.7. The van der Waals surface area contributed by atoms with Gasteiger partial charge in [-0.2, -0.15) is 0 Å². The van der Waals surface area contributed by atoms with Crippen molar-refractivity contribution in [2.24, 2.45) is 0 Å². The second kappa shape index (κ2) is 5.80. The summed E-state index contributed by atoms with van der Waals surface area (Å²) in [6.07, 6.45) is 0. The first-order chi connectivity index (χ1) is 9.02. The molecule has 2 rings (SSSR count). The van der Waals surface area contributed by atoms with Crippen LogP contribution in [0.2, 0.25) is 0 Å². The van der Waals surface area contributed by atoms with E-state index >= 15 is 0 Å². The van der Waals surface area contributed by atoms with Crippen LogP contribution < -0.4 is 11.1 Å². The largest absolute Gasteiger partial charge is 0.399 e. The standard InChI is InChI=1S/C15H16N2OS/c1-10-6-12(16)8-15(7-10)19-14-5-3-4-13(9-14)17-11(2)18/h3-9H,16H2,1-2H3,(H,17,18). The molecule has 0 bridgehead atoms. The van der Waals surface area contributed by atoms with Gasteiger partial charge in [-0.3, -0.25) is 4.79 Å². The molecule has 98 valence electrons. The number of hydrogen-bond acceptors (Lipinski definition) is 3. The van der Waals surface area contributed by atoms with Gasteiger partial charge in [-0.05, 0) is 48.9 Å². The Labute approximate surface area is 117 Å². The average molecular weight is 272 g/mol. The van der Waals surface area contributed by atoms with E-state index in [0.29, 0.717) is 0 Å². The third-order valence-corrected chi connectivity index (χ3v) is 3.42. The molecule has 2 aromatic rings. The first kappa shape index (κ1) is 13.5. The molecule has 0 aliphatic carbocycles. The van der Waals surface area contributed by atoms with Crippen LogP contribution in [0.15, 0.2) is 52.3 Å². The molecule has 0 saturated carbocycles. The molecule has 0 aliphatic heterocycles. The molecule has 2 aromatic carbocycles. The fraction of sp³-hybridized carbons (Fsp3) is 0.133. The smallest absolute Gasteiger partial charge is 0.221 e. The molecule has 0 aromatic heterocycles. The average Bonchev–Trinajstić information content (AvgIpc) is 2.26. The van der Waals surface area contributed by atoms with E-state index in [2.05, 4.69) is 11.4 Å². The highest BCUT2D eigenvalue weighted by Crippen LogP contribution is 2.31. The summed E-state index contributed by atoms with van der Waals surface area (Å²) < 4.78 is 0. The molecule has 4 heteroatoms. The Morgan fingerprint density at radius 3 is 2.63 bits per heavy atom. The number of carbonyl (C=O) groups is 1. The Morgan fingerprint density at radius 2 is 1.95 bits per heavy atom. The van der Waals surface area contributed by atoms with E-state index in [1.54, 1.807) is 11.8 Å². The molecule has 3 nitrogen and oxygen atoms in total. The van der Waals surface area contributed by atoms with Crippen LogP contribution in [0.5, 0.6) is 0 Å². The van der Waals surface area contributed by atoms with Gasteiger partial charge < -0.3 is 11.1 Å². The summed E-state index contributed by atoms with van der Waals surface area (Å²) in [4.78, 5) is 13.2. The lowest BCUT2D eigenvalue weighted by Crippen LogP contribution is -2.05. The van der Waals surface area contributed by atoms with Crippen LogP contribution in [0.25, 0.3) is 0 Å². The Hall–Kier alpha value is -1.94. The third kappa shape index (κ3) is 4.03. The highest BCUT2D eigenvalue weighted by molar-refractivity contribution is 7.99. The second-order valence-electron chi connectivity index (χ2n) is 4.39. The van der Waals surface area contributed by atoms with Crippen molar-refractivity contribution >= 4 is 29.0 Å². The van der Waals surface area contributed by atoms with Crippen LogP contribution in [-0.4, -0.2) is 5.91 Å². The number of aryl methyl sites for hydroxylation is 1. The maximum atomic E-state index is 11.0. The molecule has 0 fully saturated rings. The molecular formula is C15H16N2OS. The van der Waals surface area contributed by atoms with E-state index < -0.39 is 0 Å². The summed E-state index contributed by atoms with van der Waals surface area (Å²) in [7, 11) is 0. The first-order valence-corrected chi connectivity index (χ1v) is 6.77. The number of rotatable bonds is 3. The number of nitrogens with two attached hydrogens (primary N) is 1. The lowest BCUT2D eigenvalue weighted by molar-refractivity contribution is -0.114. The summed E-state index contributed by atoms with van der Waals surface area (Å²) in [6.45, 7) is 3.52. The lowest BCUT2D eigenvalue weighted by atomic mass is 10.2. The monoisotopic (exact) mass is 272 g/mol. The SMILES string of the molecule is CC(=O)Nc1cccc(Sc2cc(C)cc(N)c2)c1. The Bertz CT molecular complexity index is 591. The van der Waals surface area contributed by atoms with Crippen LogP contribution in [0.4, 0.5) is 11.4 Å². The van der Waals surface area contributed by atoms with Gasteiger partial charge in [0.05, 0.1) is 0 Å². The fourth-order valence-corrected chi connectivity index (χ4v) is 2.86. The maximum Gasteiger partial charge on any atom is 0.221 e. The van der Waals surface area contributed by atoms with Crippen LogP contribution >= 0.6 is 11.8 Å². The van der Waals surface area contributed by atoms with E-state index in [-0.39, 0.29) is 5.91 Å². The molecule has 0 heterocycles. The molecular weight excluding hydrogens is 256 g/mol. The quantitative estimate of drug-likeness (QED) is 0.838. The zero-order valence-corrected chi connectivity index (χ0v) is 11.8. The number of hydrogen-bond donors (Lipinski definition) is 2. The molecule has 0 spiro atoms. The van der Waals surface area contributed by atoms with E-state index in [1.807, 2.05) is 43.3 Å². The van der Waals surface area contributed by atoms with Gasteiger partial charge in [-0.25, -0.2) is 0 Å². The normalized spacial score (nSPS) is 10.2. The molecule has 19 heavy (non-hydrogen) atoms. The van der Waals surface area contributed by atoms with Crippen LogP contribution in [0, 0.1) is 6.92 Å². The van der Waals surface area contributed by atoms with Gasteiger partial charge in [-0.15, -0.1) is 0 Å². The number of carbonyl (C=O) groups excluding carboxylic acids is 1. The highest BCUT2D eigenvalue weighted by atomic mass is 32.2. The van der Waals surface area contributed by atoms with E-state index in [0.717, 1.165) is 26.7 Å². The number of anilines is 2. The van der Waals surface area contributed by atoms with Gasteiger partial charge in [0.15, 0.2) is 0 Å². The maximum absolute atomic E-state index is 11.0. The van der Waals surface area contributed by atoms with Crippen molar-refractivity contribution in [2.75, 3.05) is 11.1 Å². The highest BCUT2D eigenvalue weighted by Gasteiger charge is 2.02. The van der Waals surface area contributed by atoms with E-state index in [9.17, 15) is 4.79 Å². The number of nitrogens with one attached hydrogen (secondary N) is 1. The van der Waals surface area contributed by atoms with Crippen molar-refractivity contribution in [3.8, 4) is 0 Å². The van der Waals surface area contributed by atoms with Gasteiger partial charge in [0.1, 0.15) is 0 Å². The van der Waals surface area contributed by atoms with Crippen LogP contribution in [-0.2, 0) is 4.79 Å². The van der Waals surface area contributed by atoms with Crippen molar-refractivity contribution in [3.05, 3.63) is 48.0 Å². The summed E-state index contributed by atoms with van der Waals surface area (Å²) >= 11 is 1.63. The summed E-state index contributed by atoms with van der Waals surface area (Å²) in [5, 5.41) is 2.78. The van der Waals surface area contributed by atoms with Gasteiger partial charge in [0, 0.05) is 28.1 Å². The van der Waals surface area contributed by atoms with E-state index in [4.69, 9.17) is 5.73 Å². The number of benzene rings is 2. The number of amides is 1. The molecule has 1 amide bonds. The second-order valence-corrected chi connectivity index (χ2v) is 5.54. The Kier molecular flexibility index (Phi) is 4.12. The minimum absolute atomic E-state index is 0.0676. The van der Waals surface area contributed by atoms with Gasteiger partial charge in [0.25, 0.3) is 0 Å². The van der Waals surface area contributed by atoms with Gasteiger partial charge in [0.2, 0.25) is 5.91 Å². The number of nitrogen functional groups attached to an aromatic ring is 1. The minimum Gasteiger partial charge on any atom is -0.399 e. The molecule has 3 N–H and O–H groups in total. The van der Waals surface area contributed by atoms with Gasteiger partial charge in [-0.1, -0.05) is 17.8 Å². The predicted molar refractivity (Wildman–Crippen MR) is 80.5 cm³/mol. The molecule has 0 atom stereocenters. The zero-order chi connectivity index (χ0) is 13.8. The molecule has 0 unspecified atom stereocenters. The van der Waals surface area contributed by atoms with Crippen LogP contribution in [0.1, 0.15) is 12.5 Å². The molecule has 0 aliphatic rings. The summed E-state index contributed by atoms with van der Waals surface area (Å²) in [5.74, 6) is -0.0676. The third-order valence-electron chi connectivity index (χ3n) is 2.46. The molecule has 0 radical (unpaired) electrons. The van der Waals surface area contributed by atoms with Crippen molar-refractivity contribution in [1.29, 1.82) is 0 Å². The Morgan fingerprint density at radius 1 is 1.16 bits per heavy atom. The van der Waals surface area contributed by atoms with E-state index in [1.165, 1.54) is 6.92 Å². The Balaban J connectivity index is 2.20. The first-order valence-electron chi connectivity index (χ1n) is 5.95. The van der Waals surface area contributed by atoms with Crippen molar-refractivity contribution in [2.45, 2.75) is 23.6 Å². The minimum atomic E-state index is -0.0676. The van der Waals surface area contributed by atoms with Gasteiger partial charge >= 0.3 is 0 Å². The van der Waals surface area contributed by atoms with Crippen molar-refractivity contribution < 1.29 is 4.79 Å². The fourth-order valence-electron chi connectivity index (χ4n) is 1.81. The predicted octanol–water partition coefficient (Wildman–Crippen LogP) is 3.69. The lowest BCUT2D eigenvalue weighted by Gasteiger charge is -2.07. The van der Waals surface area contributed by atoms with Crippen molar-refractivity contribution in [3.63, 3.8) is 0 Å². The van der Waals surface area contributed by atoms with Crippen molar-refractivity contribution in [1.82, 2.24) is 0 Å². The molecule has 0 saturated heterocycles. The summed E-state index contributed by atoms with van der Waals surface area (Å²) in [5.41, 5.74) is 8.55.